The fourth-order valence-corrected chi connectivity index (χ4v) is 4.83. The summed E-state index contributed by atoms with van der Waals surface area (Å²) in [4.78, 5) is 12.1. The molecule has 1 aliphatic heterocycles. The lowest BCUT2D eigenvalue weighted by atomic mass is 9.96. The number of nitriles is 1. The highest BCUT2D eigenvalue weighted by atomic mass is 32.1. The number of nitrogens with one attached hydrogen (secondary N) is 3. The Hall–Kier alpha value is -3.34. The average molecular weight is 433 g/mol. The molecule has 2 aromatic carbocycles. The van der Waals surface area contributed by atoms with Gasteiger partial charge in [0.15, 0.2) is 0 Å². The maximum absolute atomic E-state index is 10.9. The lowest BCUT2D eigenvalue weighted by Gasteiger charge is -2.35. The third-order valence-corrected chi connectivity index (χ3v) is 6.43. The Morgan fingerprint density at radius 3 is 2.87 bits per heavy atom. The first-order valence-electron chi connectivity index (χ1n) is 10.2. The van der Waals surface area contributed by atoms with Gasteiger partial charge in [0.05, 0.1) is 35.4 Å². The minimum Gasteiger partial charge on any atom is -0.481 e. The number of aliphatic carboxylic acids is 1. The summed E-state index contributed by atoms with van der Waals surface area (Å²) in [6.45, 7) is 1.49. The molecule has 0 unspecified atom stereocenters. The van der Waals surface area contributed by atoms with Crippen molar-refractivity contribution in [2.45, 2.75) is 24.9 Å². The molecule has 4 N–H and O–H groups in total. The summed E-state index contributed by atoms with van der Waals surface area (Å²) in [7, 11) is 0. The van der Waals surface area contributed by atoms with Gasteiger partial charge in [0.2, 0.25) is 0 Å². The van der Waals surface area contributed by atoms with E-state index < -0.39 is 5.97 Å². The van der Waals surface area contributed by atoms with Crippen molar-refractivity contribution in [2.24, 2.45) is 0 Å². The van der Waals surface area contributed by atoms with Gasteiger partial charge in [-0.05, 0) is 41.1 Å². The van der Waals surface area contributed by atoms with Crippen molar-refractivity contribution in [3.05, 3.63) is 81.5 Å². The third kappa shape index (κ3) is 5.05. The van der Waals surface area contributed by atoms with Crippen molar-refractivity contribution < 1.29 is 9.90 Å². The first-order valence-corrected chi connectivity index (χ1v) is 11.1. The summed E-state index contributed by atoms with van der Waals surface area (Å²) in [6.07, 6.45) is 0.892. The van der Waals surface area contributed by atoms with Gasteiger partial charge >= 0.3 is 5.97 Å². The van der Waals surface area contributed by atoms with Crippen LogP contribution in [0.1, 0.15) is 27.6 Å². The fraction of sp³-hybridized carbons (Fsp3) is 0.250. The Labute approximate surface area is 185 Å². The molecule has 0 saturated carbocycles. The van der Waals surface area contributed by atoms with Crippen molar-refractivity contribution in [3.8, 4) is 6.07 Å². The van der Waals surface area contributed by atoms with Crippen molar-refractivity contribution >= 4 is 28.7 Å². The standard InChI is InChI=1S/C24H24N4O2S/c25-13-18-7-4-8-20-24(18)28-21(14-27-20)23(17-5-2-1-3-6-17)26-10-9-19-11-16(15-31-19)12-22(29)30/h1-8,11,15,21,23,26-28H,9-10,12,14H2,(H,29,30)/t21-,23-/m1/s1. The molecule has 6 nitrogen and oxygen atoms in total. The van der Waals surface area contributed by atoms with E-state index in [1.165, 1.54) is 10.4 Å². The number of carboxylic acid groups (broad SMARTS) is 1. The zero-order valence-electron chi connectivity index (χ0n) is 17.0. The van der Waals surface area contributed by atoms with Gasteiger partial charge in [-0.15, -0.1) is 11.3 Å². The van der Waals surface area contributed by atoms with Crippen LogP contribution in [0, 0.1) is 11.3 Å². The number of rotatable bonds is 8. The van der Waals surface area contributed by atoms with Gasteiger partial charge in [-0.1, -0.05) is 36.4 Å². The van der Waals surface area contributed by atoms with Crippen molar-refractivity contribution in [2.75, 3.05) is 23.7 Å². The van der Waals surface area contributed by atoms with Crippen molar-refractivity contribution in [1.82, 2.24) is 5.32 Å². The Morgan fingerprint density at radius 2 is 2.10 bits per heavy atom. The Morgan fingerprint density at radius 1 is 1.26 bits per heavy atom. The summed E-state index contributed by atoms with van der Waals surface area (Å²) < 4.78 is 0. The molecule has 7 heteroatoms. The molecule has 0 bridgehead atoms. The molecule has 0 amide bonds. The summed E-state index contributed by atoms with van der Waals surface area (Å²) >= 11 is 1.60. The molecule has 0 saturated heterocycles. The lowest BCUT2D eigenvalue weighted by molar-refractivity contribution is -0.136. The topological polar surface area (TPSA) is 97.2 Å². The van der Waals surface area contributed by atoms with Crippen LogP contribution in [-0.2, 0) is 17.6 Å². The van der Waals surface area contributed by atoms with E-state index in [0.29, 0.717) is 5.56 Å². The number of hydrogen-bond acceptors (Lipinski definition) is 6. The maximum Gasteiger partial charge on any atom is 0.307 e. The summed E-state index contributed by atoms with van der Waals surface area (Å²) in [5.41, 5.74) is 4.46. The number of benzene rings is 2. The molecule has 158 valence electrons. The number of hydrogen-bond donors (Lipinski definition) is 4. The average Bonchev–Trinajstić information content (AvgIpc) is 3.23. The molecular weight excluding hydrogens is 408 g/mol. The molecule has 1 aliphatic rings. The first kappa shape index (κ1) is 20.9. The van der Waals surface area contributed by atoms with Crippen LogP contribution >= 0.6 is 11.3 Å². The Balaban J connectivity index is 1.48. The second kappa shape index (κ2) is 9.65. The number of carboxylic acids is 1. The van der Waals surface area contributed by atoms with Crippen molar-refractivity contribution in [1.29, 1.82) is 5.26 Å². The maximum atomic E-state index is 10.9. The van der Waals surface area contributed by atoms with Gasteiger partial charge in [0.1, 0.15) is 6.07 Å². The highest BCUT2D eigenvalue weighted by Gasteiger charge is 2.27. The van der Waals surface area contributed by atoms with Gasteiger partial charge in [-0.25, -0.2) is 0 Å². The van der Waals surface area contributed by atoms with Gasteiger partial charge in [0, 0.05) is 18.0 Å². The summed E-state index contributed by atoms with van der Waals surface area (Å²) in [6, 6.07) is 20.4. The van der Waals surface area contributed by atoms with Crippen LogP contribution in [0.5, 0.6) is 0 Å². The number of para-hydroxylation sites is 1. The van der Waals surface area contributed by atoms with Crippen LogP contribution in [0.4, 0.5) is 11.4 Å². The predicted octanol–water partition coefficient (Wildman–Crippen LogP) is 4.03. The minimum absolute atomic E-state index is 0.0482. The van der Waals surface area contributed by atoms with E-state index >= 15 is 0 Å². The van der Waals surface area contributed by atoms with Crippen LogP contribution in [-0.4, -0.2) is 30.2 Å². The van der Waals surface area contributed by atoms with Gasteiger partial charge in [0.25, 0.3) is 0 Å². The molecule has 0 radical (unpaired) electrons. The molecule has 2 atom stereocenters. The van der Waals surface area contributed by atoms with E-state index in [2.05, 4.69) is 34.2 Å². The molecule has 0 spiro atoms. The molecule has 31 heavy (non-hydrogen) atoms. The van der Waals surface area contributed by atoms with Crippen LogP contribution in [0.3, 0.4) is 0 Å². The van der Waals surface area contributed by atoms with Crippen LogP contribution in [0.15, 0.2) is 60.0 Å². The van der Waals surface area contributed by atoms with E-state index in [1.54, 1.807) is 11.3 Å². The SMILES string of the molecule is N#Cc1cccc2c1N[C@@H]([C@H](NCCc1cc(CC(=O)O)cs1)c1ccccc1)CN2. The smallest absolute Gasteiger partial charge is 0.307 e. The number of fused-ring (bicyclic) bond motifs is 1. The van der Waals surface area contributed by atoms with Gasteiger partial charge in [-0.2, -0.15) is 5.26 Å². The lowest BCUT2D eigenvalue weighted by Crippen LogP contribution is -2.44. The fourth-order valence-electron chi connectivity index (χ4n) is 3.93. The summed E-state index contributed by atoms with van der Waals surface area (Å²) in [5, 5.41) is 31.1. The van der Waals surface area contributed by atoms with Crippen molar-refractivity contribution in [3.63, 3.8) is 0 Å². The number of carbonyl (C=O) groups is 1. The monoisotopic (exact) mass is 432 g/mol. The van der Waals surface area contributed by atoms with Crippen LogP contribution < -0.4 is 16.0 Å². The zero-order chi connectivity index (χ0) is 21.6. The minimum atomic E-state index is -0.806. The molecule has 1 aromatic heterocycles. The molecule has 0 aliphatic carbocycles. The first-order chi connectivity index (χ1) is 15.1. The molecule has 4 rings (SSSR count). The summed E-state index contributed by atoms with van der Waals surface area (Å²) in [5.74, 6) is -0.806. The van der Waals surface area contributed by atoms with E-state index in [0.717, 1.165) is 36.4 Å². The Kier molecular flexibility index (Phi) is 6.51. The van der Waals surface area contributed by atoms with Crippen LogP contribution in [0.25, 0.3) is 0 Å². The van der Waals surface area contributed by atoms with E-state index in [1.807, 2.05) is 47.8 Å². The number of thiophene rings is 1. The van der Waals surface area contributed by atoms with Crippen LogP contribution in [0.2, 0.25) is 0 Å². The third-order valence-electron chi connectivity index (χ3n) is 5.39. The van der Waals surface area contributed by atoms with Gasteiger partial charge in [-0.3, -0.25) is 4.79 Å². The highest BCUT2D eigenvalue weighted by molar-refractivity contribution is 7.10. The molecule has 3 aromatic rings. The second-order valence-electron chi connectivity index (χ2n) is 7.56. The largest absolute Gasteiger partial charge is 0.481 e. The zero-order valence-corrected chi connectivity index (χ0v) is 17.8. The molecule has 0 fully saturated rings. The number of nitrogens with zero attached hydrogens (tertiary/aromatic N) is 1. The van der Waals surface area contributed by atoms with E-state index in [4.69, 9.17) is 5.11 Å². The molecular formula is C24H24N4O2S. The predicted molar refractivity (Wildman–Crippen MR) is 124 cm³/mol. The second-order valence-corrected chi connectivity index (χ2v) is 8.55. The van der Waals surface area contributed by atoms with E-state index in [9.17, 15) is 10.1 Å². The molecule has 2 heterocycles. The van der Waals surface area contributed by atoms with E-state index in [-0.39, 0.29) is 18.5 Å². The van der Waals surface area contributed by atoms with Gasteiger partial charge < -0.3 is 21.1 Å². The number of anilines is 2. The highest BCUT2D eigenvalue weighted by Crippen LogP contribution is 2.33. The Bertz CT molecular complexity index is 1090. The quantitative estimate of drug-likeness (QED) is 0.429. The normalized spacial score (nSPS) is 15.8.